The molecule has 0 atom stereocenters. The number of para-hydroxylation sites is 1. The molecule has 0 unspecified atom stereocenters. The van der Waals surface area contributed by atoms with E-state index in [1.165, 1.54) is 48.9 Å². The van der Waals surface area contributed by atoms with Gasteiger partial charge in [-0.3, -0.25) is 0 Å². The number of rotatable bonds is 8. The van der Waals surface area contributed by atoms with Crippen LogP contribution in [0.25, 0.3) is 50.0 Å². The number of hydrogen-bond donors (Lipinski definition) is 0. The third kappa shape index (κ3) is 5.92. The van der Waals surface area contributed by atoms with Crippen molar-refractivity contribution in [1.29, 1.82) is 0 Å². The van der Waals surface area contributed by atoms with Crippen LogP contribution in [0.15, 0.2) is 183 Å². The third-order valence-electron chi connectivity index (χ3n) is 9.03. The van der Waals surface area contributed by atoms with E-state index in [0.29, 0.717) is 0 Å². The third-order valence-corrected chi connectivity index (χ3v) is 9.03. The molecular weight excluding hydrogens is 581 g/mol. The Labute approximate surface area is 282 Å². The van der Waals surface area contributed by atoms with E-state index < -0.39 is 0 Å². The predicted octanol–water partition coefficient (Wildman–Crippen LogP) is 10.6. The minimum absolute atomic E-state index is 0.905. The lowest BCUT2D eigenvalue weighted by atomic mass is 9.95. The van der Waals surface area contributed by atoms with E-state index in [2.05, 4.69) is 194 Å². The van der Waals surface area contributed by atoms with Gasteiger partial charge in [0.2, 0.25) is 0 Å². The van der Waals surface area contributed by atoms with E-state index in [4.69, 9.17) is 0 Å². The Morgan fingerprint density at radius 2 is 1.54 bits per heavy atom. The summed E-state index contributed by atoms with van der Waals surface area (Å²) in [5.41, 5.74) is 9.33. The highest BCUT2D eigenvalue weighted by molar-refractivity contribution is 5.98. The first-order chi connectivity index (χ1) is 23.7. The average Bonchev–Trinajstić information content (AvgIpc) is 3.43. The van der Waals surface area contributed by atoms with Crippen LogP contribution in [0.3, 0.4) is 0 Å². The number of fused-ring (bicyclic) bond motifs is 2. The van der Waals surface area contributed by atoms with Crippen LogP contribution in [0.5, 0.6) is 0 Å². The van der Waals surface area contributed by atoms with Crippen LogP contribution >= 0.6 is 0 Å². The lowest BCUT2D eigenvalue weighted by molar-refractivity contribution is 0.924. The van der Waals surface area contributed by atoms with Crippen molar-refractivity contribution < 1.29 is 0 Å². The van der Waals surface area contributed by atoms with Crippen molar-refractivity contribution in [2.75, 3.05) is 4.90 Å². The van der Waals surface area contributed by atoms with Gasteiger partial charge in [0.25, 0.3) is 0 Å². The van der Waals surface area contributed by atoms with Crippen molar-refractivity contribution in [2.24, 2.45) is 7.05 Å². The van der Waals surface area contributed by atoms with Crippen molar-refractivity contribution in [3.63, 3.8) is 0 Å². The first-order valence-electron chi connectivity index (χ1n) is 16.4. The van der Waals surface area contributed by atoms with E-state index >= 15 is 0 Å². The standard InChI is InChI=1S/C46H38N2/c1-4-15-34(31-32-48(40-21-10-7-11-22-40)41-30-29-35-17-12-13-20-39(35)33-41)36-25-27-37(28-26-36)42-23-14-24-44-46(42)45(38-18-8-6-9-19-38)43(16-5-2)47(44)3/h4-18,20-33H,1-2,19H2,3H3/b32-31-,34-15+,43-16+,45-38+. The Morgan fingerprint density at radius 1 is 0.750 bits per heavy atom. The van der Waals surface area contributed by atoms with Crippen molar-refractivity contribution in [1.82, 2.24) is 4.57 Å². The highest BCUT2D eigenvalue weighted by Gasteiger charge is 2.14. The topological polar surface area (TPSA) is 8.17 Å². The summed E-state index contributed by atoms with van der Waals surface area (Å²) in [7, 11) is 2.15. The Bertz CT molecular complexity index is 2390. The van der Waals surface area contributed by atoms with Crippen molar-refractivity contribution in [3.05, 3.63) is 199 Å². The molecule has 1 aromatic heterocycles. The molecule has 0 bridgehead atoms. The molecule has 0 saturated heterocycles. The van der Waals surface area contributed by atoms with Crippen molar-refractivity contribution >= 4 is 50.3 Å². The quantitative estimate of drug-likeness (QED) is 0.154. The van der Waals surface area contributed by atoms with Crippen molar-refractivity contribution in [2.45, 2.75) is 6.42 Å². The molecule has 2 nitrogen and oxygen atoms in total. The second-order valence-electron chi connectivity index (χ2n) is 11.9. The zero-order valence-electron chi connectivity index (χ0n) is 27.3. The second-order valence-corrected chi connectivity index (χ2v) is 11.9. The van der Waals surface area contributed by atoms with Gasteiger partial charge in [-0.25, -0.2) is 0 Å². The molecular formula is C46H38N2. The largest absolute Gasteiger partial charge is 0.344 e. The summed E-state index contributed by atoms with van der Waals surface area (Å²) in [5.74, 6) is 0. The molecule has 7 rings (SSSR count). The normalized spacial score (nSPS) is 14.7. The van der Waals surface area contributed by atoms with E-state index in [-0.39, 0.29) is 0 Å². The molecule has 0 amide bonds. The first kappa shape index (κ1) is 30.5. The van der Waals surface area contributed by atoms with Gasteiger partial charge in [-0.1, -0.05) is 141 Å². The van der Waals surface area contributed by atoms with Crippen LogP contribution in [-0.2, 0) is 7.05 Å². The fraction of sp³-hybridized carbons (Fsp3) is 0.0435. The van der Waals surface area contributed by atoms with E-state index in [1.54, 1.807) is 0 Å². The Kier molecular flexibility index (Phi) is 8.72. The maximum atomic E-state index is 4.03. The van der Waals surface area contributed by atoms with Gasteiger partial charge in [0.05, 0.1) is 0 Å². The van der Waals surface area contributed by atoms with Crippen molar-refractivity contribution in [3.8, 4) is 11.1 Å². The molecule has 5 aromatic carbocycles. The van der Waals surface area contributed by atoms with Crippen LogP contribution < -0.4 is 15.5 Å². The number of hydrogen-bond acceptors (Lipinski definition) is 1. The van der Waals surface area contributed by atoms with E-state index in [1.807, 2.05) is 12.2 Å². The zero-order valence-corrected chi connectivity index (χ0v) is 27.3. The molecule has 2 heteroatoms. The maximum Gasteiger partial charge on any atom is 0.0495 e. The van der Waals surface area contributed by atoms with Crippen LogP contribution in [-0.4, -0.2) is 4.57 Å². The molecule has 0 radical (unpaired) electrons. The molecule has 0 saturated carbocycles. The number of anilines is 2. The summed E-state index contributed by atoms with van der Waals surface area (Å²) in [5, 5.41) is 6.16. The average molecular weight is 619 g/mol. The molecule has 1 heterocycles. The molecule has 0 N–H and O–H groups in total. The first-order valence-corrected chi connectivity index (χ1v) is 16.4. The van der Waals surface area contributed by atoms with Crippen LogP contribution in [0, 0.1) is 0 Å². The summed E-state index contributed by atoms with van der Waals surface area (Å²) in [6.07, 6.45) is 21.9. The van der Waals surface area contributed by atoms with Gasteiger partial charge in [0, 0.05) is 46.1 Å². The van der Waals surface area contributed by atoms with Gasteiger partial charge < -0.3 is 9.47 Å². The Hall–Kier alpha value is -6.12. The van der Waals surface area contributed by atoms with E-state index in [0.717, 1.165) is 28.9 Å². The number of aromatic nitrogens is 1. The van der Waals surface area contributed by atoms with Crippen LogP contribution in [0.1, 0.15) is 12.0 Å². The number of nitrogens with zero attached hydrogens (tertiary/aromatic N) is 2. The summed E-state index contributed by atoms with van der Waals surface area (Å²) in [4.78, 5) is 2.24. The van der Waals surface area contributed by atoms with Gasteiger partial charge in [0.1, 0.15) is 0 Å². The van der Waals surface area contributed by atoms with Gasteiger partial charge in [-0.2, -0.15) is 0 Å². The minimum Gasteiger partial charge on any atom is -0.344 e. The predicted molar refractivity (Wildman–Crippen MR) is 208 cm³/mol. The lowest BCUT2D eigenvalue weighted by Crippen LogP contribution is -2.29. The number of allylic oxidation sites excluding steroid dienone is 9. The summed E-state index contributed by atoms with van der Waals surface area (Å²) < 4.78 is 2.28. The maximum absolute atomic E-state index is 4.03. The molecule has 48 heavy (non-hydrogen) atoms. The highest BCUT2D eigenvalue weighted by Crippen LogP contribution is 2.32. The van der Waals surface area contributed by atoms with Crippen LogP contribution in [0.4, 0.5) is 11.4 Å². The molecule has 0 spiro atoms. The van der Waals surface area contributed by atoms with Gasteiger partial charge in [0.15, 0.2) is 0 Å². The molecule has 6 aromatic rings. The number of aryl methyl sites for hydroxylation is 1. The molecule has 0 aliphatic heterocycles. The second kappa shape index (κ2) is 13.7. The summed E-state index contributed by atoms with van der Waals surface area (Å²) in [6, 6.07) is 41.1. The fourth-order valence-corrected chi connectivity index (χ4v) is 6.69. The Balaban J connectivity index is 1.29. The Morgan fingerprint density at radius 3 is 2.29 bits per heavy atom. The molecule has 1 aliphatic carbocycles. The lowest BCUT2D eigenvalue weighted by Gasteiger charge is -2.22. The SMILES string of the molecule is C=C/C=C(\C=C/N(c1ccccc1)c1ccc2ccccc2c1)c1ccc(-c2cccc3c2c(=C2\C=CC=CC2)/c(=C\C=C)n3C)cc1. The highest BCUT2D eigenvalue weighted by atomic mass is 15.1. The number of benzene rings is 5. The molecule has 0 fully saturated rings. The fourth-order valence-electron chi connectivity index (χ4n) is 6.69. The van der Waals surface area contributed by atoms with Gasteiger partial charge >= 0.3 is 0 Å². The molecule has 1 aliphatic rings. The van der Waals surface area contributed by atoms with Gasteiger partial charge in [-0.15, -0.1) is 0 Å². The van der Waals surface area contributed by atoms with Gasteiger partial charge in [-0.05, 0) is 87.5 Å². The van der Waals surface area contributed by atoms with Crippen LogP contribution in [0.2, 0.25) is 0 Å². The summed E-state index contributed by atoms with van der Waals surface area (Å²) >= 11 is 0. The zero-order chi connectivity index (χ0) is 32.9. The smallest absolute Gasteiger partial charge is 0.0495 e. The minimum atomic E-state index is 0.905. The van der Waals surface area contributed by atoms with E-state index in [9.17, 15) is 0 Å². The molecule has 232 valence electrons. The monoisotopic (exact) mass is 618 g/mol. The summed E-state index contributed by atoms with van der Waals surface area (Å²) in [6.45, 7) is 8.05.